The Morgan fingerprint density at radius 3 is 2.81 bits per heavy atom. The van der Waals surface area contributed by atoms with E-state index in [4.69, 9.17) is 17.3 Å². The zero-order chi connectivity index (χ0) is 14.8. The van der Waals surface area contributed by atoms with Gasteiger partial charge in [-0.2, -0.15) is 0 Å². The molecule has 0 saturated heterocycles. The predicted molar refractivity (Wildman–Crippen MR) is 85.6 cm³/mol. The summed E-state index contributed by atoms with van der Waals surface area (Å²) in [6, 6.07) is 14.5. The van der Waals surface area contributed by atoms with Crippen LogP contribution in [0.4, 0.5) is 11.4 Å². The highest BCUT2D eigenvalue weighted by molar-refractivity contribution is 6.36. The lowest BCUT2D eigenvalue weighted by molar-refractivity contribution is 0.102. The second-order valence-electron chi connectivity index (χ2n) is 4.58. The maximum atomic E-state index is 12.2. The molecule has 0 unspecified atom stereocenters. The number of halogens is 1. The molecule has 0 radical (unpaired) electrons. The van der Waals surface area contributed by atoms with Crippen molar-refractivity contribution in [1.82, 2.24) is 4.98 Å². The molecule has 0 aliphatic rings. The molecule has 0 fully saturated rings. The number of nitrogens with two attached hydrogens (primary N) is 1. The van der Waals surface area contributed by atoms with Gasteiger partial charge in [0.05, 0.1) is 33.7 Å². The highest BCUT2D eigenvalue weighted by Crippen LogP contribution is 2.24. The number of amides is 1. The van der Waals surface area contributed by atoms with Crippen LogP contribution in [0, 0.1) is 0 Å². The Morgan fingerprint density at radius 1 is 1.14 bits per heavy atom. The van der Waals surface area contributed by atoms with Crippen molar-refractivity contribution in [2.45, 2.75) is 0 Å². The minimum Gasteiger partial charge on any atom is -0.398 e. The lowest BCUT2D eigenvalue weighted by atomic mass is 10.1. The molecular weight excluding hydrogens is 286 g/mol. The molecule has 5 heteroatoms. The van der Waals surface area contributed by atoms with E-state index in [0.29, 0.717) is 16.9 Å². The Kier molecular flexibility index (Phi) is 3.46. The third-order valence-corrected chi connectivity index (χ3v) is 3.54. The molecule has 1 amide bonds. The molecule has 21 heavy (non-hydrogen) atoms. The van der Waals surface area contributed by atoms with Crippen molar-refractivity contribution in [2.75, 3.05) is 11.1 Å². The molecule has 4 nitrogen and oxygen atoms in total. The van der Waals surface area contributed by atoms with E-state index in [1.165, 1.54) is 0 Å². The number of aromatic nitrogens is 1. The summed E-state index contributed by atoms with van der Waals surface area (Å²) in [5.41, 5.74) is 7.90. The monoisotopic (exact) mass is 297 g/mol. The van der Waals surface area contributed by atoms with Crippen LogP contribution >= 0.6 is 11.6 Å². The first-order valence-electron chi connectivity index (χ1n) is 6.35. The van der Waals surface area contributed by atoms with Crippen molar-refractivity contribution in [3.05, 3.63) is 65.3 Å². The molecule has 0 spiro atoms. The highest BCUT2D eigenvalue weighted by atomic mass is 35.5. The van der Waals surface area contributed by atoms with Gasteiger partial charge < -0.3 is 11.1 Å². The van der Waals surface area contributed by atoms with Crippen LogP contribution in [0.2, 0.25) is 5.02 Å². The Labute approximate surface area is 126 Å². The number of hydrogen-bond acceptors (Lipinski definition) is 3. The third-order valence-electron chi connectivity index (χ3n) is 3.12. The summed E-state index contributed by atoms with van der Waals surface area (Å²) < 4.78 is 0. The van der Waals surface area contributed by atoms with Gasteiger partial charge in [-0.05, 0) is 24.3 Å². The number of carbonyl (C=O) groups excluding carboxylic acids is 1. The molecule has 3 aromatic rings. The van der Waals surface area contributed by atoms with Crippen LogP contribution in [0.5, 0.6) is 0 Å². The molecule has 1 aromatic heterocycles. The normalized spacial score (nSPS) is 10.5. The maximum Gasteiger partial charge on any atom is 0.257 e. The fourth-order valence-electron chi connectivity index (χ4n) is 2.06. The number of rotatable bonds is 2. The van der Waals surface area contributed by atoms with E-state index in [-0.39, 0.29) is 10.9 Å². The maximum absolute atomic E-state index is 12.2. The van der Waals surface area contributed by atoms with Crippen LogP contribution in [0.25, 0.3) is 10.9 Å². The molecule has 3 rings (SSSR count). The predicted octanol–water partition coefficient (Wildman–Crippen LogP) is 3.72. The molecule has 0 aliphatic heterocycles. The van der Waals surface area contributed by atoms with Crippen LogP contribution in [0.1, 0.15) is 10.4 Å². The van der Waals surface area contributed by atoms with Crippen LogP contribution in [-0.4, -0.2) is 10.9 Å². The Morgan fingerprint density at radius 2 is 1.95 bits per heavy atom. The zero-order valence-corrected chi connectivity index (χ0v) is 11.8. The van der Waals surface area contributed by atoms with E-state index in [1.807, 2.05) is 30.3 Å². The fourth-order valence-corrected chi connectivity index (χ4v) is 2.27. The number of benzene rings is 2. The Hall–Kier alpha value is -2.59. The first-order chi connectivity index (χ1) is 10.1. The van der Waals surface area contributed by atoms with Crippen molar-refractivity contribution in [1.29, 1.82) is 0 Å². The van der Waals surface area contributed by atoms with Gasteiger partial charge >= 0.3 is 0 Å². The molecule has 1 heterocycles. The lowest BCUT2D eigenvalue weighted by Gasteiger charge is -2.08. The average Bonchev–Trinajstić information content (AvgIpc) is 2.50. The van der Waals surface area contributed by atoms with Crippen molar-refractivity contribution in [2.24, 2.45) is 0 Å². The second-order valence-corrected chi connectivity index (χ2v) is 4.96. The van der Waals surface area contributed by atoms with Crippen molar-refractivity contribution < 1.29 is 4.79 Å². The number of para-hydroxylation sites is 1. The molecule has 0 aliphatic carbocycles. The number of pyridine rings is 1. The molecule has 0 saturated carbocycles. The summed E-state index contributed by atoms with van der Waals surface area (Å²) in [6.07, 6.45) is 1.61. The minimum atomic E-state index is -0.315. The van der Waals surface area contributed by atoms with Gasteiger partial charge in [-0.15, -0.1) is 0 Å². The van der Waals surface area contributed by atoms with Crippen molar-refractivity contribution >= 4 is 39.8 Å². The van der Waals surface area contributed by atoms with Crippen molar-refractivity contribution in [3.8, 4) is 0 Å². The van der Waals surface area contributed by atoms with E-state index < -0.39 is 0 Å². The highest BCUT2D eigenvalue weighted by Gasteiger charge is 2.12. The Bertz CT molecular complexity index is 833. The topological polar surface area (TPSA) is 68.0 Å². The number of carbonyl (C=O) groups is 1. The van der Waals surface area contributed by atoms with E-state index in [9.17, 15) is 4.79 Å². The quantitative estimate of drug-likeness (QED) is 0.708. The van der Waals surface area contributed by atoms with Crippen LogP contribution in [-0.2, 0) is 0 Å². The molecule has 0 atom stereocenters. The summed E-state index contributed by atoms with van der Waals surface area (Å²) >= 11 is 6.05. The summed E-state index contributed by atoms with van der Waals surface area (Å²) in [5, 5.41) is 3.98. The average molecular weight is 298 g/mol. The van der Waals surface area contributed by atoms with Gasteiger partial charge in [0, 0.05) is 5.39 Å². The van der Waals surface area contributed by atoms with Gasteiger partial charge in [-0.3, -0.25) is 9.78 Å². The smallest absolute Gasteiger partial charge is 0.257 e. The zero-order valence-electron chi connectivity index (χ0n) is 11.0. The number of nitrogens with one attached hydrogen (secondary N) is 1. The summed E-state index contributed by atoms with van der Waals surface area (Å²) in [5.74, 6) is -0.315. The van der Waals surface area contributed by atoms with Gasteiger partial charge in [-0.1, -0.05) is 35.9 Å². The van der Waals surface area contributed by atoms with Gasteiger partial charge in [0.2, 0.25) is 0 Å². The lowest BCUT2D eigenvalue weighted by Crippen LogP contribution is -2.13. The summed E-state index contributed by atoms with van der Waals surface area (Å²) in [4.78, 5) is 16.5. The second kappa shape index (κ2) is 5.42. The van der Waals surface area contributed by atoms with Gasteiger partial charge in [0.15, 0.2) is 0 Å². The standard InChI is InChI=1S/C16H12ClN3O/c17-15-12(5-3-6-13(15)18)16(21)20-11-8-10-4-1-2-7-14(10)19-9-11/h1-9H,18H2,(H,20,21). The summed E-state index contributed by atoms with van der Waals surface area (Å²) in [7, 11) is 0. The van der Waals surface area contributed by atoms with Crippen molar-refractivity contribution in [3.63, 3.8) is 0 Å². The molecule has 0 bridgehead atoms. The molecule has 104 valence electrons. The fraction of sp³-hybridized carbons (Fsp3) is 0. The first-order valence-corrected chi connectivity index (χ1v) is 6.73. The van der Waals surface area contributed by atoms with Gasteiger partial charge in [-0.25, -0.2) is 0 Å². The number of hydrogen-bond donors (Lipinski definition) is 2. The minimum absolute atomic E-state index is 0.253. The number of fused-ring (bicyclic) bond motifs is 1. The van der Waals surface area contributed by atoms with Crippen LogP contribution in [0.3, 0.4) is 0 Å². The van der Waals surface area contributed by atoms with E-state index >= 15 is 0 Å². The first kappa shape index (κ1) is 13.4. The largest absolute Gasteiger partial charge is 0.398 e. The van der Waals surface area contributed by atoms with E-state index in [1.54, 1.807) is 24.4 Å². The molecule has 3 N–H and O–H groups in total. The SMILES string of the molecule is Nc1cccc(C(=O)Nc2cnc3ccccc3c2)c1Cl. The number of nitrogens with zero attached hydrogens (tertiary/aromatic N) is 1. The number of anilines is 2. The number of nitrogen functional groups attached to an aromatic ring is 1. The van der Waals surface area contributed by atoms with Crippen LogP contribution < -0.4 is 11.1 Å². The van der Waals surface area contributed by atoms with Crippen LogP contribution in [0.15, 0.2) is 54.7 Å². The molecule has 2 aromatic carbocycles. The van der Waals surface area contributed by atoms with E-state index in [0.717, 1.165) is 10.9 Å². The molecular formula is C16H12ClN3O. The Balaban J connectivity index is 1.91. The van der Waals surface area contributed by atoms with Gasteiger partial charge in [0.1, 0.15) is 0 Å². The van der Waals surface area contributed by atoms with E-state index in [2.05, 4.69) is 10.3 Å². The van der Waals surface area contributed by atoms with Gasteiger partial charge in [0.25, 0.3) is 5.91 Å². The summed E-state index contributed by atoms with van der Waals surface area (Å²) in [6.45, 7) is 0. The third kappa shape index (κ3) is 2.66.